The van der Waals surface area contributed by atoms with Gasteiger partial charge in [-0.25, -0.2) is 9.78 Å². The van der Waals surface area contributed by atoms with Crippen LogP contribution in [-0.2, 0) is 30.3 Å². The number of methoxy groups -OCH3 is 1. The number of ether oxygens (including phenoxy) is 1. The van der Waals surface area contributed by atoms with Gasteiger partial charge in [0, 0.05) is 30.3 Å². The summed E-state index contributed by atoms with van der Waals surface area (Å²) in [6.07, 6.45) is 6.51. The number of esters is 1. The number of hydrogen-bond donors (Lipinski definition) is 4. The molecule has 0 spiro atoms. The predicted molar refractivity (Wildman–Crippen MR) is 197 cm³/mol. The van der Waals surface area contributed by atoms with Crippen LogP contribution in [0.2, 0.25) is 0 Å². The van der Waals surface area contributed by atoms with Gasteiger partial charge >= 0.3 is 5.97 Å². The molecule has 1 aromatic rings. The Morgan fingerprint density at radius 2 is 1.35 bits per heavy atom. The van der Waals surface area contributed by atoms with Crippen LogP contribution in [0.5, 0.6) is 0 Å². The highest BCUT2D eigenvalue weighted by Gasteiger charge is 2.18. The Hall–Kier alpha value is -3.54. The molecule has 0 aromatic carbocycles. The molecule has 1 rings (SSSR count). The monoisotopic (exact) mass is 695 g/mol. The van der Waals surface area contributed by atoms with E-state index in [1.54, 1.807) is 5.38 Å². The number of aromatic nitrogens is 1. The van der Waals surface area contributed by atoms with E-state index in [1.165, 1.54) is 11.3 Å². The maximum Gasteiger partial charge on any atom is 0.353 e. The normalized spacial score (nSPS) is 10.7. The zero-order valence-corrected chi connectivity index (χ0v) is 32.6. The number of amides is 4. The van der Waals surface area contributed by atoms with E-state index in [0.717, 1.165) is 57.1 Å². The molecule has 1 unspecified atom stereocenters. The average molecular weight is 696 g/mol. The maximum absolute atomic E-state index is 11.9. The molecule has 0 bridgehead atoms. The summed E-state index contributed by atoms with van der Waals surface area (Å²) in [6, 6.07) is 0. The Morgan fingerprint density at radius 1 is 0.854 bits per heavy atom. The summed E-state index contributed by atoms with van der Waals surface area (Å²) in [5.74, 6) is -1.72. The fourth-order valence-electron chi connectivity index (χ4n) is 3.37. The van der Waals surface area contributed by atoms with Crippen molar-refractivity contribution in [3.8, 4) is 0 Å². The molecule has 4 N–H and O–H groups in total. The van der Waals surface area contributed by atoms with Crippen LogP contribution in [0.25, 0.3) is 0 Å². The van der Waals surface area contributed by atoms with E-state index in [4.69, 9.17) is 0 Å². The lowest BCUT2D eigenvalue weighted by Gasteiger charge is -2.16. The summed E-state index contributed by atoms with van der Waals surface area (Å²) in [5.41, 5.74) is 0.246. The molecule has 276 valence electrons. The van der Waals surface area contributed by atoms with Crippen molar-refractivity contribution in [2.45, 2.75) is 121 Å². The summed E-state index contributed by atoms with van der Waals surface area (Å²) < 4.78 is 4.39. The fourth-order valence-corrected chi connectivity index (χ4v) is 4.25. The first-order valence-corrected chi connectivity index (χ1v) is 17.9. The summed E-state index contributed by atoms with van der Waals surface area (Å²) in [5, 5.41) is 12.7. The van der Waals surface area contributed by atoms with Crippen molar-refractivity contribution in [2.75, 3.05) is 20.2 Å². The van der Waals surface area contributed by atoms with Gasteiger partial charge in [0.05, 0.1) is 17.8 Å². The molecule has 0 aliphatic rings. The van der Waals surface area contributed by atoms with Crippen molar-refractivity contribution in [3.63, 3.8) is 0 Å². The molecule has 12 heteroatoms. The largest absolute Gasteiger partial charge is 0.464 e. The lowest BCUT2D eigenvalue weighted by molar-refractivity contribution is -0.137. The van der Waals surface area contributed by atoms with Crippen LogP contribution in [0, 0.1) is 17.3 Å². The summed E-state index contributed by atoms with van der Waals surface area (Å²) in [7, 11) is 1.16. The quantitative estimate of drug-likeness (QED) is 0.0803. The van der Waals surface area contributed by atoms with Gasteiger partial charge in [0.2, 0.25) is 11.8 Å². The first-order chi connectivity index (χ1) is 22.4. The van der Waals surface area contributed by atoms with Crippen LogP contribution in [0.3, 0.4) is 0 Å². The number of aryl methyl sites for hydroxylation is 1. The van der Waals surface area contributed by atoms with Crippen LogP contribution < -0.4 is 21.3 Å². The van der Waals surface area contributed by atoms with Crippen molar-refractivity contribution in [2.24, 2.45) is 17.3 Å². The van der Waals surface area contributed by atoms with Gasteiger partial charge in [0.25, 0.3) is 11.8 Å². The number of nitrogens with zero attached hydrogens (tertiary/aromatic N) is 1. The van der Waals surface area contributed by atoms with E-state index in [2.05, 4.69) is 85.7 Å². The molecule has 0 saturated heterocycles. The van der Waals surface area contributed by atoms with Crippen molar-refractivity contribution in [3.05, 3.63) is 40.6 Å². The Bertz CT molecular complexity index is 1110. The van der Waals surface area contributed by atoms with Gasteiger partial charge in [0.1, 0.15) is 11.4 Å². The predicted octanol–water partition coefficient (Wildman–Crippen LogP) is 6.70. The molecular formula is C36H65N5O6S. The topological polar surface area (TPSA) is 156 Å². The second-order valence-corrected chi connectivity index (χ2v) is 13.3. The van der Waals surface area contributed by atoms with Gasteiger partial charge in [-0.15, -0.1) is 11.3 Å². The van der Waals surface area contributed by atoms with Crippen molar-refractivity contribution in [1.29, 1.82) is 0 Å². The zero-order valence-electron chi connectivity index (χ0n) is 31.8. The zero-order chi connectivity index (χ0) is 37.9. The third-order valence-corrected chi connectivity index (χ3v) is 6.82. The summed E-state index contributed by atoms with van der Waals surface area (Å²) >= 11 is 1.38. The Kier molecular flexibility index (Phi) is 29.0. The molecule has 1 aromatic heterocycles. The number of rotatable bonds is 17. The van der Waals surface area contributed by atoms with Gasteiger partial charge in [-0.3, -0.25) is 19.2 Å². The maximum atomic E-state index is 11.9. The number of nitrogens with one attached hydrogen (secondary N) is 4. The van der Waals surface area contributed by atoms with Crippen LogP contribution in [-0.4, -0.2) is 54.8 Å². The second kappa shape index (κ2) is 28.5. The number of thiazole rings is 1. The van der Waals surface area contributed by atoms with Crippen LogP contribution in [0.15, 0.2) is 29.9 Å². The SMILES string of the molecule is C=C(NC(=O)c1csc(CCC)n1)C(=O)NC(=C)C(=O)OC.CC.CC(C)(C)C.CCCC(CCC)C(=O)NCCNC(=O)C(C)CC. The van der Waals surface area contributed by atoms with E-state index in [1.807, 2.05) is 34.6 Å². The van der Waals surface area contributed by atoms with Gasteiger partial charge in [-0.05, 0) is 37.5 Å². The molecule has 1 heterocycles. The standard InChI is InChI=1S/C15H30N2O2.C14H17N3O4S.C5H12.C2H6/c1-5-8-13(9-6-2)15(19)17-11-10-16-14(18)12(4)7-3;1-5-6-11-17-10(7-22-11)13(19)15-8(2)12(18)16-9(3)14(20)21-4;1-5(2,3)4;1-2/h12-13H,5-11H2,1-4H3,(H,16,18)(H,17,19);7H,2-3,5-6H2,1,4H3,(H,15,19)(H,16,18);1-4H3;1-2H3. The molecule has 4 amide bonds. The van der Waals surface area contributed by atoms with Crippen LogP contribution in [0.1, 0.15) is 130 Å². The van der Waals surface area contributed by atoms with Crippen molar-refractivity contribution in [1.82, 2.24) is 26.3 Å². The third-order valence-electron chi connectivity index (χ3n) is 5.91. The Labute approximate surface area is 294 Å². The molecule has 11 nitrogen and oxygen atoms in total. The highest BCUT2D eigenvalue weighted by atomic mass is 32.1. The lowest BCUT2D eigenvalue weighted by atomic mass is 9.97. The Morgan fingerprint density at radius 3 is 1.79 bits per heavy atom. The molecule has 0 aliphatic heterocycles. The highest BCUT2D eigenvalue weighted by Crippen LogP contribution is 2.14. The van der Waals surface area contributed by atoms with Crippen LogP contribution >= 0.6 is 11.3 Å². The van der Waals surface area contributed by atoms with E-state index in [0.29, 0.717) is 18.5 Å². The van der Waals surface area contributed by atoms with Crippen molar-refractivity contribution < 1.29 is 28.7 Å². The number of hydrogen-bond acceptors (Lipinski definition) is 8. The second-order valence-electron chi connectivity index (χ2n) is 12.4. The first-order valence-electron chi connectivity index (χ1n) is 17.0. The minimum atomic E-state index is -0.781. The summed E-state index contributed by atoms with van der Waals surface area (Å²) in [6.45, 7) is 30.7. The van der Waals surface area contributed by atoms with Gasteiger partial charge in [-0.2, -0.15) is 0 Å². The molecule has 0 saturated carbocycles. The average Bonchev–Trinajstić information content (AvgIpc) is 3.51. The first kappa shape index (κ1) is 48.9. The van der Waals surface area contributed by atoms with Crippen molar-refractivity contribution >= 4 is 40.9 Å². The smallest absolute Gasteiger partial charge is 0.353 e. The molecule has 0 fully saturated rings. The lowest BCUT2D eigenvalue weighted by Crippen LogP contribution is -2.39. The minimum Gasteiger partial charge on any atom is -0.464 e. The van der Waals surface area contributed by atoms with E-state index in [9.17, 15) is 24.0 Å². The van der Waals surface area contributed by atoms with E-state index in [-0.39, 0.29) is 40.7 Å². The van der Waals surface area contributed by atoms with Gasteiger partial charge in [-0.1, -0.05) is 102 Å². The van der Waals surface area contributed by atoms with Gasteiger partial charge in [0.15, 0.2) is 0 Å². The highest BCUT2D eigenvalue weighted by molar-refractivity contribution is 7.09. The van der Waals surface area contributed by atoms with E-state index < -0.39 is 17.8 Å². The molecule has 0 radical (unpaired) electrons. The number of carbonyl (C=O) groups is 5. The Balaban J connectivity index is -0.000000712. The molecule has 1 atom stereocenters. The van der Waals surface area contributed by atoms with Gasteiger partial charge < -0.3 is 26.0 Å². The molecular weight excluding hydrogens is 630 g/mol. The molecule has 0 aliphatic carbocycles. The van der Waals surface area contributed by atoms with E-state index >= 15 is 0 Å². The molecule has 48 heavy (non-hydrogen) atoms. The summed E-state index contributed by atoms with van der Waals surface area (Å²) in [4.78, 5) is 62.4. The third kappa shape index (κ3) is 25.5. The van der Waals surface area contributed by atoms with Crippen LogP contribution in [0.4, 0.5) is 0 Å². The number of carbonyl (C=O) groups excluding carboxylic acids is 5. The minimum absolute atomic E-state index is 0.0450. The fraction of sp³-hybridized carbons (Fsp3) is 0.667.